The molecule has 15 heavy (non-hydrogen) atoms. The second-order valence-electron chi connectivity index (χ2n) is 3.45. The van der Waals surface area contributed by atoms with Crippen LogP contribution in [0.3, 0.4) is 0 Å². The van der Waals surface area contributed by atoms with Crippen molar-refractivity contribution in [2.75, 3.05) is 18.6 Å². The molecule has 4 nitrogen and oxygen atoms in total. The summed E-state index contributed by atoms with van der Waals surface area (Å²) in [5.41, 5.74) is 4.53. The molecule has 0 spiro atoms. The van der Waals surface area contributed by atoms with Gasteiger partial charge < -0.3 is 15.6 Å². The lowest BCUT2D eigenvalue weighted by molar-refractivity contribution is 0.242. The van der Waals surface area contributed by atoms with E-state index in [9.17, 15) is 0 Å². The Hall–Kier alpha value is -1.10. The zero-order valence-electron chi connectivity index (χ0n) is 8.69. The fourth-order valence-electron chi connectivity index (χ4n) is 1.75. The van der Waals surface area contributed by atoms with Gasteiger partial charge in [0.05, 0.1) is 5.69 Å². The summed E-state index contributed by atoms with van der Waals surface area (Å²) in [4.78, 5) is 0. The van der Waals surface area contributed by atoms with Crippen molar-refractivity contribution in [2.24, 2.45) is 5.84 Å². The van der Waals surface area contributed by atoms with Crippen LogP contribution >= 0.6 is 0 Å². The Bertz CT molecular complexity index is 286. The van der Waals surface area contributed by atoms with E-state index in [1.54, 1.807) is 0 Å². The molecule has 0 aliphatic rings. The molecule has 0 heterocycles. The van der Waals surface area contributed by atoms with Crippen molar-refractivity contribution in [1.29, 1.82) is 0 Å². The Balaban J connectivity index is 2.88. The van der Waals surface area contributed by atoms with E-state index in [1.165, 1.54) is 0 Å². The largest absolute Gasteiger partial charge is 0.396 e. The molecule has 0 aliphatic heterocycles. The van der Waals surface area contributed by atoms with Crippen LogP contribution in [0.2, 0.25) is 0 Å². The molecule has 0 radical (unpaired) electrons. The summed E-state index contributed by atoms with van der Waals surface area (Å²) in [6.45, 7) is 0.229. The van der Waals surface area contributed by atoms with Crippen LogP contribution < -0.4 is 11.3 Å². The third-order valence-electron chi connectivity index (χ3n) is 2.51. The van der Waals surface area contributed by atoms with E-state index in [0.29, 0.717) is 12.8 Å². The second kappa shape index (κ2) is 6.40. The number of rotatable bonds is 6. The number of nitrogens with two attached hydrogens (primary N) is 1. The first kappa shape index (κ1) is 12.0. The summed E-state index contributed by atoms with van der Waals surface area (Å²) in [7, 11) is 0. The van der Waals surface area contributed by atoms with Gasteiger partial charge in [0.15, 0.2) is 0 Å². The van der Waals surface area contributed by atoms with E-state index in [4.69, 9.17) is 16.1 Å². The van der Waals surface area contributed by atoms with E-state index in [1.807, 2.05) is 24.3 Å². The van der Waals surface area contributed by atoms with Crippen molar-refractivity contribution in [2.45, 2.75) is 18.8 Å². The number of aliphatic hydroxyl groups excluding tert-OH is 2. The van der Waals surface area contributed by atoms with Crippen LogP contribution in [-0.2, 0) is 0 Å². The number of nitrogens with one attached hydrogen (secondary N) is 1. The molecule has 0 saturated carbocycles. The first-order valence-corrected chi connectivity index (χ1v) is 5.10. The predicted octanol–water partition coefficient (Wildman–Crippen LogP) is 0.821. The van der Waals surface area contributed by atoms with E-state index >= 15 is 0 Å². The van der Waals surface area contributed by atoms with Crippen molar-refractivity contribution >= 4 is 5.69 Å². The quantitative estimate of drug-likeness (QED) is 0.414. The van der Waals surface area contributed by atoms with Gasteiger partial charge in [0.25, 0.3) is 0 Å². The topological polar surface area (TPSA) is 78.5 Å². The molecule has 0 saturated heterocycles. The smallest absolute Gasteiger partial charge is 0.0519 e. The molecule has 4 heteroatoms. The zero-order valence-corrected chi connectivity index (χ0v) is 8.69. The molecule has 5 N–H and O–H groups in total. The minimum absolute atomic E-state index is 0.115. The van der Waals surface area contributed by atoms with Crippen LogP contribution in [0.15, 0.2) is 24.3 Å². The summed E-state index contributed by atoms with van der Waals surface area (Å²) in [6, 6.07) is 7.67. The van der Waals surface area contributed by atoms with Crippen LogP contribution in [-0.4, -0.2) is 23.4 Å². The first-order chi connectivity index (χ1) is 7.33. The standard InChI is InChI=1S/C11H18N2O2/c12-13-11-4-2-1-3-10(11)9(5-7-14)6-8-15/h1-4,9,13-15H,5-8,12H2. The molecule has 0 amide bonds. The number of hydrazine groups is 1. The molecular weight excluding hydrogens is 192 g/mol. The molecule has 0 atom stereocenters. The molecule has 1 aromatic rings. The maximum Gasteiger partial charge on any atom is 0.0519 e. The highest BCUT2D eigenvalue weighted by molar-refractivity contribution is 5.51. The molecule has 0 bridgehead atoms. The molecule has 0 aromatic heterocycles. The summed E-state index contributed by atoms with van der Waals surface area (Å²) in [5, 5.41) is 17.9. The van der Waals surface area contributed by atoms with Gasteiger partial charge >= 0.3 is 0 Å². The maximum absolute atomic E-state index is 8.95. The van der Waals surface area contributed by atoms with Gasteiger partial charge in [-0.05, 0) is 30.4 Å². The fraction of sp³-hybridized carbons (Fsp3) is 0.455. The predicted molar refractivity (Wildman–Crippen MR) is 60.4 cm³/mol. The monoisotopic (exact) mass is 210 g/mol. The lowest BCUT2D eigenvalue weighted by Gasteiger charge is -2.18. The number of hydrogen-bond donors (Lipinski definition) is 4. The SMILES string of the molecule is NNc1ccccc1C(CCO)CCO. The fourth-order valence-corrected chi connectivity index (χ4v) is 1.75. The minimum Gasteiger partial charge on any atom is -0.396 e. The molecule has 0 fully saturated rings. The lowest BCUT2D eigenvalue weighted by Crippen LogP contribution is -2.12. The van der Waals surface area contributed by atoms with Crippen LogP contribution in [0, 0.1) is 0 Å². The zero-order chi connectivity index (χ0) is 11.1. The van der Waals surface area contributed by atoms with Gasteiger partial charge in [-0.1, -0.05) is 18.2 Å². The highest BCUT2D eigenvalue weighted by atomic mass is 16.3. The molecule has 0 aliphatic carbocycles. The van der Waals surface area contributed by atoms with Crippen molar-refractivity contribution in [3.05, 3.63) is 29.8 Å². The van der Waals surface area contributed by atoms with Crippen LogP contribution in [0.4, 0.5) is 5.69 Å². The van der Waals surface area contributed by atoms with Crippen LogP contribution in [0.1, 0.15) is 24.3 Å². The van der Waals surface area contributed by atoms with Gasteiger partial charge in [0, 0.05) is 13.2 Å². The second-order valence-corrected chi connectivity index (χ2v) is 3.45. The third-order valence-corrected chi connectivity index (χ3v) is 2.51. The van der Waals surface area contributed by atoms with Crippen LogP contribution in [0.5, 0.6) is 0 Å². The Labute approximate surface area is 89.7 Å². The van der Waals surface area contributed by atoms with Crippen molar-refractivity contribution in [3.63, 3.8) is 0 Å². The average molecular weight is 210 g/mol. The lowest BCUT2D eigenvalue weighted by atomic mass is 9.92. The molecular formula is C11H18N2O2. The van der Waals surface area contributed by atoms with Gasteiger partial charge in [-0.2, -0.15) is 0 Å². The van der Waals surface area contributed by atoms with E-state index in [-0.39, 0.29) is 19.1 Å². The average Bonchev–Trinajstić information content (AvgIpc) is 2.29. The number of aliphatic hydroxyl groups is 2. The van der Waals surface area contributed by atoms with E-state index in [2.05, 4.69) is 5.43 Å². The number of anilines is 1. The van der Waals surface area contributed by atoms with E-state index in [0.717, 1.165) is 11.3 Å². The molecule has 84 valence electrons. The van der Waals surface area contributed by atoms with Gasteiger partial charge in [0.2, 0.25) is 0 Å². The van der Waals surface area contributed by atoms with Gasteiger partial charge in [-0.25, -0.2) is 0 Å². The highest BCUT2D eigenvalue weighted by Gasteiger charge is 2.13. The maximum atomic E-state index is 8.95. The van der Waals surface area contributed by atoms with Gasteiger partial charge in [-0.3, -0.25) is 5.84 Å². The highest BCUT2D eigenvalue weighted by Crippen LogP contribution is 2.28. The number of hydrogen-bond acceptors (Lipinski definition) is 4. The Morgan fingerprint density at radius 1 is 1.13 bits per heavy atom. The Morgan fingerprint density at radius 3 is 2.27 bits per heavy atom. The third kappa shape index (κ3) is 3.20. The normalized spacial score (nSPS) is 10.7. The first-order valence-electron chi connectivity index (χ1n) is 5.10. The van der Waals surface area contributed by atoms with Crippen molar-refractivity contribution in [1.82, 2.24) is 0 Å². The summed E-state index contributed by atoms with van der Waals surface area (Å²) >= 11 is 0. The summed E-state index contributed by atoms with van der Waals surface area (Å²) in [5.74, 6) is 5.55. The summed E-state index contributed by atoms with van der Waals surface area (Å²) < 4.78 is 0. The van der Waals surface area contributed by atoms with Crippen LogP contribution in [0.25, 0.3) is 0 Å². The molecule has 1 aromatic carbocycles. The molecule has 0 unspecified atom stereocenters. The Kier molecular flexibility index (Phi) is 5.10. The minimum atomic E-state index is 0.115. The van der Waals surface area contributed by atoms with Crippen molar-refractivity contribution < 1.29 is 10.2 Å². The summed E-state index contributed by atoms with van der Waals surface area (Å²) in [6.07, 6.45) is 1.28. The number of benzene rings is 1. The van der Waals surface area contributed by atoms with Gasteiger partial charge in [-0.15, -0.1) is 0 Å². The van der Waals surface area contributed by atoms with Crippen molar-refractivity contribution in [3.8, 4) is 0 Å². The van der Waals surface area contributed by atoms with Gasteiger partial charge in [0.1, 0.15) is 0 Å². The Morgan fingerprint density at radius 2 is 1.73 bits per heavy atom. The number of nitrogen functional groups attached to an aromatic ring is 1. The van der Waals surface area contributed by atoms with E-state index < -0.39 is 0 Å². The molecule has 1 rings (SSSR count). The number of para-hydroxylation sites is 1.